The predicted octanol–water partition coefficient (Wildman–Crippen LogP) is -2.04. The van der Waals surface area contributed by atoms with E-state index in [1.54, 1.807) is 9.58 Å². The molecule has 0 aromatic carbocycles. The molecule has 0 aliphatic carbocycles. The largest absolute Gasteiger partial charge is 0.543 e. The first-order valence-corrected chi connectivity index (χ1v) is 6.10. The number of nitrogens with one attached hydrogen (secondary N) is 1. The summed E-state index contributed by atoms with van der Waals surface area (Å²) in [5, 5.41) is 17.8. The number of rotatable bonds is 4. The van der Waals surface area contributed by atoms with Gasteiger partial charge in [0.15, 0.2) is 0 Å². The number of carbonyl (C=O) groups excluding carboxylic acids is 1. The van der Waals surface area contributed by atoms with E-state index in [1.165, 1.54) is 32.1 Å². The van der Waals surface area contributed by atoms with Crippen LogP contribution >= 0.6 is 0 Å². The molecule has 0 radical (unpaired) electrons. The van der Waals surface area contributed by atoms with Crippen LogP contribution in [-0.2, 0) is 6.54 Å². The van der Waals surface area contributed by atoms with Gasteiger partial charge in [-0.2, -0.15) is 0 Å². The first-order valence-electron chi connectivity index (χ1n) is 6.10. The fourth-order valence-corrected chi connectivity index (χ4v) is 2.19. The molecule has 6 nitrogen and oxygen atoms in total. The third kappa shape index (κ3) is 3.26. The van der Waals surface area contributed by atoms with Crippen LogP contribution in [0, 0.1) is 5.92 Å². The van der Waals surface area contributed by atoms with Gasteiger partial charge >= 0.3 is 0 Å². The smallest absolute Gasteiger partial charge is 0.128 e. The molecule has 94 valence electrons. The third-order valence-corrected chi connectivity index (χ3v) is 3.42. The summed E-state index contributed by atoms with van der Waals surface area (Å²) in [4.78, 5) is 12.1. The van der Waals surface area contributed by atoms with Gasteiger partial charge in [-0.25, -0.2) is 4.68 Å². The molecule has 2 heterocycles. The maximum Gasteiger partial charge on any atom is 0.128 e. The van der Waals surface area contributed by atoms with Gasteiger partial charge in [-0.3, -0.25) is 0 Å². The molecular weight excluding hydrogens is 220 g/mol. The Morgan fingerprint density at radius 3 is 2.88 bits per heavy atom. The molecule has 0 spiro atoms. The SMILES string of the molecule is CC1CC[NH+](CCn2cc(C(=O)[O-])nn2)CC1. The lowest BCUT2D eigenvalue weighted by Gasteiger charge is -2.27. The number of hydrogen-bond donors (Lipinski definition) is 1. The summed E-state index contributed by atoms with van der Waals surface area (Å²) in [6.45, 7) is 6.37. The van der Waals surface area contributed by atoms with Gasteiger partial charge in [-0.05, 0) is 18.8 Å². The van der Waals surface area contributed by atoms with Crippen molar-refractivity contribution in [3.63, 3.8) is 0 Å². The molecule has 1 aliphatic rings. The second-order valence-electron chi connectivity index (χ2n) is 4.84. The van der Waals surface area contributed by atoms with E-state index in [1.807, 2.05) is 0 Å². The van der Waals surface area contributed by atoms with Crippen molar-refractivity contribution in [3.8, 4) is 0 Å². The molecule has 0 bridgehead atoms. The first-order chi connectivity index (χ1) is 8.15. The van der Waals surface area contributed by atoms with Crippen molar-refractivity contribution < 1.29 is 14.8 Å². The van der Waals surface area contributed by atoms with E-state index >= 15 is 0 Å². The van der Waals surface area contributed by atoms with Crippen LogP contribution in [0.2, 0.25) is 0 Å². The molecule has 0 saturated carbocycles. The van der Waals surface area contributed by atoms with Gasteiger partial charge < -0.3 is 14.8 Å². The molecule has 1 aliphatic heterocycles. The Bertz CT molecular complexity index is 383. The lowest BCUT2D eigenvalue weighted by molar-refractivity contribution is -0.906. The van der Waals surface area contributed by atoms with Gasteiger partial charge in [0.25, 0.3) is 0 Å². The number of aromatic carboxylic acids is 1. The molecule has 0 unspecified atom stereocenters. The number of likely N-dealkylation sites (tertiary alicyclic amines) is 1. The zero-order chi connectivity index (χ0) is 12.3. The highest BCUT2D eigenvalue weighted by molar-refractivity contribution is 5.82. The molecule has 1 fully saturated rings. The lowest BCUT2D eigenvalue weighted by Crippen LogP contribution is -3.13. The van der Waals surface area contributed by atoms with Crippen LogP contribution in [0.25, 0.3) is 0 Å². The fourth-order valence-electron chi connectivity index (χ4n) is 2.19. The van der Waals surface area contributed by atoms with Crippen molar-refractivity contribution in [1.29, 1.82) is 0 Å². The number of quaternary nitrogens is 1. The van der Waals surface area contributed by atoms with Gasteiger partial charge in [-0.1, -0.05) is 12.1 Å². The molecule has 1 aromatic rings. The molecule has 0 amide bonds. The van der Waals surface area contributed by atoms with Gasteiger partial charge in [0.1, 0.15) is 5.69 Å². The van der Waals surface area contributed by atoms with Crippen molar-refractivity contribution in [2.75, 3.05) is 19.6 Å². The molecule has 1 aromatic heterocycles. The Balaban J connectivity index is 1.79. The molecular formula is C11H18N4O2. The van der Waals surface area contributed by atoms with E-state index in [9.17, 15) is 9.90 Å². The van der Waals surface area contributed by atoms with Gasteiger partial charge in [0.2, 0.25) is 0 Å². The normalized spacial score (nSPS) is 24.8. The van der Waals surface area contributed by atoms with E-state index in [2.05, 4.69) is 17.2 Å². The zero-order valence-electron chi connectivity index (χ0n) is 10.1. The van der Waals surface area contributed by atoms with Crippen LogP contribution in [0.5, 0.6) is 0 Å². The lowest BCUT2D eigenvalue weighted by atomic mass is 9.99. The summed E-state index contributed by atoms with van der Waals surface area (Å²) < 4.78 is 1.58. The first kappa shape index (κ1) is 12.0. The van der Waals surface area contributed by atoms with Crippen LogP contribution in [-0.4, -0.2) is 40.6 Å². The maximum atomic E-state index is 10.5. The van der Waals surface area contributed by atoms with E-state index in [0.717, 1.165) is 12.5 Å². The summed E-state index contributed by atoms with van der Waals surface area (Å²) in [5.41, 5.74) is -0.0905. The van der Waals surface area contributed by atoms with Gasteiger partial charge in [0, 0.05) is 0 Å². The van der Waals surface area contributed by atoms with Crippen molar-refractivity contribution in [2.24, 2.45) is 5.92 Å². The summed E-state index contributed by atoms with van der Waals surface area (Å²) in [5.74, 6) is -0.426. The molecule has 1 N–H and O–H groups in total. The average molecular weight is 238 g/mol. The van der Waals surface area contributed by atoms with Crippen molar-refractivity contribution >= 4 is 5.97 Å². The second kappa shape index (κ2) is 5.27. The van der Waals surface area contributed by atoms with Crippen LogP contribution < -0.4 is 10.0 Å². The summed E-state index contributed by atoms with van der Waals surface area (Å²) in [6, 6.07) is 0. The van der Waals surface area contributed by atoms with E-state index in [0.29, 0.717) is 6.54 Å². The summed E-state index contributed by atoms with van der Waals surface area (Å²) >= 11 is 0. The van der Waals surface area contributed by atoms with Gasteiger partial charge in [0.05, 0.1) is 38.3 Å². The van der Waals surface area contributed by atoms with E-state index in [4.69, 9.17) is 0 Å². The number of hydrogen-bond acceptors (Lipinski definition) is 4. The summed E-state index contributed by atoms with van der Waals surface area (Å²) in [6.07, 6.45) is 3.98. The topological polar surface area (TPSA) is 75.3 Å². The number of piperidine rings is 1. The van der Waals surface area contributed by atoms with Crippen LogP contribution in [0.1, 0.15) is 30.3 Å². The Hall–Kier alpha value is -1.43. The van der Waals surface area contributed by atoms with Crippen molar-refractivity contribution in [1.82, 2.24) is 15.0 Å². The van der Waals surface area contributed by atoms with Crippen LogP contribution in [0.3, 0.4) is 0 Å². The number of nitrogens with zero attached hydrogens (tertiary/aromatic N) is 3. The average Bonchev–Trinajstić information content (AvgIpc) is 2.77. The minimum Gasteiger partial charge on any atom is -0.543 e. The number of aromatic nitrogens is 3. The Morgan fingerprint density at radius 2 is 2.29 bits per heavy atom. The Labute approximate surface area is 100 Å². The van der Waals surface area contributed by atoms with E-state index < -0.39 is 5.97 Å². The fraction of sp³-hybridized carbons (Fsp3) is 0.727. The molecule has 6 heteroatoms. The summed E-state index contributed by atoms with van der Waals surface area (Å²) in [7, 11) is 0. The Kier molecular flexibility index (Phi) is 3.73. The number of carbonyl (C=O) groups is 1. The zero-order valence-corrected chi connectivity index (χ0v) is 10.1. The standard InChI is InChI=1S/C11H18N4O2/c1-9-2-4-14(5-3-9)6-7-15-8-10(11(16)17)12-13-15/h8-9H,2-7H2,1H3,(H,16,17). The minimum absolute atomic E-state index is 0.0905. The monoisotopic (exact) mass is 238 g/mol. The van der Waals surface area contributed by atoms with Gasteiger partial charge in [-0.15, -0.1) is 5.10 Å². The second-order valence-corrected chi connectivity index (χ2v) is 4.84. The molecule has 1 saturated heterocycles. The van der Waals surface area contributed by atoms with Crippen molar-refractivity contribution in [2.45, 2.75) is 26.3 Å². The third-order valence-electron chi connectivity index (χ3n) is 3.42. The Morgan fingerprint density at radius 1 is 1.59 bits per heavy atom. The van der Waals surface area contributed by atoms with Crippen LogP contribution in [0.15, 0.2) is 6.20 Å². The molecule has 2 rings (SSSR count). The molecule has 0 atom stereocenters. The quantitative estimate of drug-likeness (QED) is 0.655. The minimum atomic E-state index is -1.27. The van der Waals surface area contributed by atoms with Crippen molar-refractivity contribution in [3.05, 3.63) is 11.9 Å². The van der Waals surface area contributed by atoms with E-state index in [-0.39, 0.29) is 5.69 Å². The molecule has 17 heavy (non-hydrogen) atoms. The highest BCUT2D eigenvalue weighted by atomic mass is 16.4. The highest BCUT2D eigenvalue weighted by Gasteiger charge is 2.18. The number of carboxylic acids is 1. The number of carboxylic acid groups (broad SMARTS) is 1. The maximum absolute atomic E-state index is 10.5. The highest BCUT2D eigenvalue weighted by Crippen LogP contribution is 2.06. The van der Waals surface area contributed by atoms with Crippen LogP contribution in [0.4, 0.5) is 0 Å². The predicted molar refractivity (Wildman–Crippen MR) is 58.3 cm³/mol.